The Kier molecular flexibility index (Phi) is 3.22. The molecule has 1 aromatic carbocycles. The summed E-state index contributed by atoms with van der Waals surface area (Å²) in [6, 6.07) is 8.14. The highest BCUT2D eigenvalue weighted by Gasteiger charge is 2.20. The lowest BCUT2D eigenvalue weighted by Gasteiger charge is -2.15. The van der Waals surface area contributed by atoms with Crippen molar-refractivity contribution in [1.29, 1.82) is 0 Å². The van der Waals surface area contributed by atoms with E-state index in [0.29, 0.717) is 11.1 Å². The zero-order chi connectivity index (χ0) is 14.1. The van der Waals surface area contributed by atoms with Gasteiger partial charge < -0.3 is 4.42 Å². The van der Waals surface area contributed by atoms with Crippen LogP contribution in [0.1, 0.15) is 22.9 Å². The maximum atomic E-state index is 13.7. The van der Waals surface area contributed by atoms with Crippen LogP contribution in [0.2, 0.25) is 0 Å². The lowest BCUT2D eigenvalue weighted by Crippen LogP contribution is -2.29. The van der Waals surface area contributed by atoms with Gasteiger partial charge in [-0.25, -0.2) is 9.82 Å². The maximum Gasteiger partial charge on any atom is 0.169 e. The molecule has 1 atom stereocenters. The van der Waals surface area contributed by atoms with Crippen molar-refractivity contribution in [2.75, 3.05) is 0 Å². The fourth-order valence-electron chi connectivity index (χ4n) is 2.29. The number of nitrogens with one attached hydrogen (secondary N) is 1. The second kappa shape index (κ2) is 5.03. The van der Waals surface area contributed by atoms with Crippen LogP contribution in [0.5, 0.6) is 0 Å². The third-order valence-corrected chi connectivity index (χ3v) is 3.36. The van der Waals surface area contributed by atoms with Crippen molar-refractivity contribution in [3.63, 3.8) is 0 Å². The van der Waals surface area contributed by atoms with Gasteiger partial charge in [-0.15, -0.1) is 0 Å². The maximum absolute atomic E-state index is 13.7. The summed E-state index contributed by atoms with van der Waals surface area (Å²) >= 11 is 0. The Morgan fingerprint density at radius 1 is 1.35 bits per heavy atom. The molecule has 3 aromatic rings. The average molecular weight is 271 g/mol. The number of rotatable bonds is 3. The van der Waals surface area contributed by atoms with Crippen LogP contribution in [-0.2, 0) is 0 Å². The Bertz CT molecular complexity index is 754. The van der Waals surface area contributed by atoms with Crippen LogP contribution in [0.4, 0.5) is 4.39 Å². The molecule has 2 aromatic heterocycles. The number of nitrogens with two attached hydrogens (primary N) is 1. The van der Waals surface area contributed by atoms with Gasteiger partial charge >= 0.3 is 0 Å². The van der Waals surface area contributed by atoms with E-state index in [9.17, 15) is 4.39 Å². The van der Waals surface area contributed by atoms with Crippen LogP contribution >= 0.6 is 0 Å². The van der Waals surface area contributed by atoms with E-state index in [-0.39, 0.29) is 17.4 Å². The topological polar surface area (TPSA) is 64.1 Å². The van der Waals surface area contributed by atoms with E-state index >= 15 is 0 Å². The Morgan fingerprint density at radius 2 is 2.20 bits per heavy atom. The molecule has 0 amide bonds. The number of fused-ring (bicyclic) bond motifs is 1. The van der Waals surface area contributed by atoms with Crippen molar-refractivity contribution in [1.82, 2.24) is 10.4 Å². The van der Waals surface area contributed by atoms with Gasteiger partial charge in [0.25, 0.3) is 0 Å². The first-order chi connectivity index (χ1) is 9.70. The smallest absolute Gasteiger partial charge is 0.169 e. The van der Waals surface area contributed by atoms with E-state index < -0.39 is 0 Å². The Balaban J connectivity index is 2.12. The third-order valence-electron chi connectivity index (χ3n) is 3.36. The minimum Gasteiger partial charge on any atom is -0.456 e. The molecule has 0 aliphatic rings. The predicted molar refractivity (Wildman–Crippen MR) is 74.3 cm³/mol. The number of halogens is 1. The first-order valence-corrected chi connectivity index (χ1v) is 6.25. The molecule has 1 unspecified atom stereocenters. The number of pyridine rings is 1. The summed E-state index contributed by atoms with van der Waals surface area (Å²) in [7, 11) is 0. The summed E-state index contributed by atoms with van der Waals surface area (Å²) < 4.78 is 19.3. The minimum atomic E-state index is -0.382. The molecule has 102 valence electrons. The van der Waals surface area contributed by atoms with Gasteiger partial charge in [0.1, 0.15) is 11.8 Å². The number of benzene rings is 1. The van der Waals surface area contributed by atoms with E-state index in [1.165, 1.54) is 6.07 Å². The van der Waals surface area contributed by atoms with Crippen LogP contribution in [0.3, 0.4) is 0 Å². The van der Waals surface area contributed by atoms with Crippen molar-refractivity contribution < 1.29 is 8.81 Å². The van der Waals surface area contributed by atoms with Gasteiger partial charge in [-0.2, -0.15) is 0 Å². The molecule has 3 N–H and O–H groups in total. The van der Waals surface area contributed by atoms with Gasteiger partial charge in [-0.05, 0) is 36.2 Å². The highest BCUT2D eigenvalue weighted by Crippen LogP contribution is 2.30. The fourth-order valence-corrected chi connectivity index (χ4v) is 2.29. The Morgan fingerprint density at radius 3 is 2.90 bits per heavy atom. The number of aromatic nitrogens is 1. The van der Waals surface area contributed by atoms with Crippen molar-refractivity contribution in [2.45, 2.75) is 13.0 Å². The molecular formula is C15H14FN3O. The normalized spacial score (nSPS) is 12.8. The van der Waals surface area contributed by atoms with Crippen molar-refractivity contribution in [3.05, 3.63) is 65.4 Å². The summed E-state index contributed by atoms with van der Waals surface area (Å²) in [6.07, 6.45) is 3.44. The summed E-state index contributed by atoms with van der Waals surface area (Å²) in [5, 5.41) is 0.710. The molecule has 0 spiro atoms. The van der Waals surface area contributed by atoms with Gasteiger partial charge in [0.15, 0.2) is 11.4 Å². The minimum absolute atomic E-state index is 0.240. The van der Waals surface area contributed by atoms with Gasteiger partial charge in [-0.1, -0.05) is 12.1 Å². The summed E-state index contributed by atoms with van der Waals surface area (Å²) in [5.41, 5.74) is 4.87. The number of para-hydroxylation sites is 1. The number of hydrogen-bond acceptors (Lipinski definition) is 4. The summed E-state index contributed by atoms with van der Waals surface area (Å²) in [4.78, 5) is 4.10. The van der Waals surface area contributed by atoms with Gasteiger partial charge in [0.2, 0.25) is 0 Å². The fraction of sp³-hybridized carbons (Fsp3) is 0.133. The second-order valence-corrected chi connectivity index (χ2v) is 4.64. The van der Waals surface area contributed by atoms with E-state index in [2.05, 4.69) is 10.4 Å². The van der Waals surface area contributed by atoms with Crippen LogP contribution in [0.15, 0.2) is 47.1 Å². The zero-order valence-corrected chi connectivity index (χ0v) is 10.9. The van der Waals surface area contributed by atoms with E-state index in [1.807, 2.05) is 13.0 Å². The van der Waals surface area contributed by atoms with E-state index in [1.54, 1.807) is 30.6 Å². The molecule has 2 heterocycles. The van der Waals surface area contributed by atoms with Gasteiger partial charge in [0, 0.05) is 17.8 Å². The number of hydrogen-bond donors (Lipinski definition) is 2. The molecule has 0 bridgehead atoms. The largest absolute Gasteiger partial charge is 0.456 e. The predicted octanol–water partition coefficient (Wildman–Crippen LogP) is 2.83. The number of nitrogens with zero attached hydrogens (tertiary/aromatic N) is 1. The molecule has 0 saturated carbocycles. The molecule has 5 heteroatoms. The summed E-state index contributed by atoms with van der Waals surface area (Å²) in [6.45, 7) is 1.96. The molecule has 0 aliphatic heterocycles. The first kappa shape index (κ1) is 12.8. The lowest BCUT2D eigenvalue weighted by molar-refractivity contribution is 0.463. The number of hydrazine groups is 1. The molecular weight excluding hydrogens is 257 g/mol. The van der Waals surface area contributed by atoms with Crippen LogP contribution in [0, 0.1) is 12.7 Å². The van der Waals surface area contributed by atoms with Gasteiger partial charge in [-0.3, -0.25) is 10.8 Å². The van der Waals surface area contributed by atoms with E-state index in [4.69, 9.17) is 10.3 Å². The highest BCUT2D eigenvalue weighted by molar-refractivity contribution is 5.78. The Hall–Kier alpha value is -2.24. The van der Waals surface area contributed by atoms with E-state index in [0.717, 1.165) is 11.1 Å². The SMILES string of the molecule is Cc1ccncc1C(NN)c1cc2cccc(F)c2o1. The monoisotopic (exact) mass is 271 g/mol. The molecule has 0 radical (unpaired) electrons. The van der Waals surface area contributed by atoms with Gasteiger partial charge in [0.05, 0.1) is 0 Å². The average Bonchev–Trinajstić information content (AvgIpc) is 2.87. The molecule has 4 nitrogen and oxygen atoms in total. The van der Waals surface area contributed by atoms with Crippen molar-refractivity contribution in [2.24, 2.45) is 5.84 Å². The molecule has 20 heavy (non-hydrogen) atoms. The quantitative estimate of drug-likeness (QED) is 0.568. The van der Waals surface area contributed by atoms with Crippen molar-refractivity contribution in [3.8, 4) is 0 Å². The highest BCUT2D eigenvalue weighted by atomic mass is 19.1. The molecule has 0 aliphatic carbocycles. The molecule has 0 saturated heterocycles. The molecule has 3 rings (SSSR count). The second-order valence-electron chi connectivity index (χ2n) is 4.64. The number of aryl methyl sites for hydroxylation is 1. The standard InChI is InChI=1S/C15H14FN3O/c1-9-5-6-18-8-11(9)14(19-17)13-7-10-3-2-4-12(16)15(10)20-13/h2-8,14,19H,17H2,1H3. The van der Waals surface area contributed by atoms with Crippen molar-refractivity contribution >= 4 is 11.0 Å². The van der Waals surface area contributed by atoms with Crippen LogP contribution in [0.25, 0.3) is 11.0 Å². The zero-order valence-electron chi connectivity index (χ0n) is 10.9. The van der Waals surface area contributed by atoms with Crippen LogP contribution in [-0.4, -0.2) is 4.98 Å². The Labute approximate surface area is 115 Å². The number of furan rings is 1. The third kappa shape index (κ3) is 2.07. The lowest BCUT2D eigenvalue weighted by atomic mass is 10.0. The van der Waals surface area contributed by atoms with Crippen LogP contribution < -0.4 is 11.3 Å². The first-order valence-electron chi connectivity index (χ1n) is 6.25. The molecule has 0 fully saturated rings. The summed E-state index contributed by atoms with van der Waals surface area (Å²) in [5.74, 6) is 5.81.